The first-order valence-corrected chi connectivity index (χ1v) is 7.78. The number of fused-ring (bicyclic) bond motifs is 1. The van der Waals surface area contributed by atoms with E-state index in [-0.39, 0.29) is 0 Å². The Morgan fingerprint density at radius 2 is 1.59 bits per heavy atom. The third-order valence-corrected chi connectivity index (χ3v) is 4.84. The molecule has 0 saturated carbocycles. The third kappa shape index (κ3) is 2.50. The van der Waals surface area contributed by atoms with Crippen LogP contribution in [0.25, 0.3) is 20.5 Å². The highest BCUT2D eigenvalue weighted by Gasteiger charge is 2.11. The van der Waals surface area contributed by atoms with Crippen LogP contribution in [0.5, 0.6) is 17.2 Å². The Bertz CT molecular complexity index is 821. The minimum absolute atomic E-state index is 0.809. The van der Waals surface area contributed by atoms with E-state index in [1.807, 2.05) is 18.2 Å². The summed E-state index contributed by atoms with van der Waals surface area (Å²) in [5.41, 5.74) is 2.31. The third-order valence-electron chi connectivity index (χ3n) is 3.71. The van der Waals surface area contributed by atoms with Gasteiger partial charge in [-0.3, -0.25) is 0 Å². The minimum Gasteiger partial charge on any atom is -0.497 e. The largest absolute Gasteiger partial charge is 0.497 e. The second kappa shape index (κ2) is 5.89. The van der Waals surface area contributed by atoms with Crippen molar-refractivity contribution < 1.29 is 14.2 Å². The van der Waals surface area contributed by atoms with Gasteiger partial charge in [-0.2, -0.15) is 0 Å². The molecule has 2 aromatic carbocycles. The SMILES string of the molecule is COc1cc(OC)c2cc(-c3ccc(OC)c(C)c3)sc2c1. The fourth-order valence-corrected chi connectivity index (χ4v) is 3.65. The van der Waals surface area contributed by atoms with Crippen LogP contribution in [0.4, 0.5) is 0 Å². The van der Waals surface area contributed by atoms with E-state index in [2.05, 4.69) is 25.1 Å². The van der Waals surface area contributed by atoms with E-state index in [1.54, 1.807) is 32.7 Å². The zero-order valence-corrected chi connectivity index (χ0v) is 13.9. The maximum absolute atomic E-state index is 5.49. The van der Waals surface area contributed by atoms with E-state index in [0.717, 1.165) is 32.9 Å². The van der Waals surface area contributed by atoms with E-state index in [9.17, 15) is 0 Å². The van der Waals surface area contributed by atoms with Crippen molar-refractivity contribution in [2.45, 2.75) is 6.92 Å². The van der Waals surface area contributed by atoms with Gasteiger partial charge in [-0.25, -0.2) is 0 Å². The molecule has 1 aromatic heterocycles. The molecule has 3 aromatic rings. The Hall–Kier alpha value is -2.20. The molecule has 0 unspecified atom stereocenters. The summed E-state index contributed by atoms with van der Waals surface area (Å²) in [5, 5.41) is 1.11. The second-order valence-corrected chi connectivity index (χ2v) is 6.12. The summed E-state index contributed by atoms with van der Waals surface area (Å²) in [7, 11) is 5.05. The van der Waals surface area contributed by atoms with Crippen molar-refractivity contribution in [3.63, 3.8) is 0 Å². The number of thiophene rings is 1. The zero-order valence-electron chi connectivity index (χ0n) is 13.1. The lowest BCUT2D eigenvalue weighted by molar-refractivity contribution is 0.398. The van der Waals surface area contributed by atoms with Gasteiger partial charge in [0.25, 0.3) is 0 Å². The van der Waals surface area contributed by atoms with Crippen molar-refractivity contribution >= 4 is 21.4 Å². The van der Waals surface area contributed by atoms with Gasteiger partial charge in [0.2, 0.25) is 0 Å². The van der Waals surface area contributed by atoms with Crippen LogP contribution in [-0.2, 0) is 0 Å². The molecule has 0 aliphatic rings. The quantitative estimate of drug-likeness (QED) is 0.685. The van der Waals surface area contributed by atoms with Gasteiger partial charge < -0.3 is 14.2 Å². The minimum atomic E-state index is 0.809. The molecular weight excluding hydrogens is 296 g/mol. The second-order valence-electron chi connectivity index (χ2n) is 5.04. The molecule has 114 valence electrons. The highest BCUT2D eigenvalue weighted by Crippen LogP contribution is 2.41. The van der Waals surface area contributed by atoms with Crippen molar-refractivity contribution in [1.29, 1.82) is 0 Å². The van der Waals surface area contributed by atoms with Crippen LogP contribution >= 0.6 is 11.3 Å². The van der Waals surface area contributed by atoms with Crippen molar-refractivity contribution in [2.24, 2.45) is 0 Å². The highest BCUT2D eigenvalue weighted by atomic mass is 32.1. The zero-order chi connectivity index (χ0) is 15.7. The summed E-state index contributed by atoms with van der Waals surface area (Å²) in [6, 6.07) is 12.4. The fraction of sp³-hybridized carbons (Fsp3) is 0.222. The Kier molecular flexibility index (Phi) is 3.94. The topological polar surface area (TPSA) is 27.7 Å². The Balaban J connectivity index is 2.14. The monoisotopic (exact) mass is 314 g/mol. The molecule has 0 aliphatic heterocycles. The number of aryl methyl sites for hydroxylation is 1. The molecule has 0 aliphatic carbocycles. The van der Waals surface area contributed by atoms with Gasteiger partial charge in [0, 0.05) is 21.0 Å². The predicted molar refractivity (Wildman–Crippen MR) is 91.7 cm³/mol. The lowest BCUT2D eigenvalue weighted by Gasteiger charge is -2.05. The Labute approximate surface area is 134 Å². The first-order chi connectivity index (χ1) is 10.7. The van der Waals surface area contributed by atoms with Crippen LogP contribution in [0.3, 0.4) is 0 Å². The van der Waals surface area contributed by atoms with Gasteiger partial charge in [-0.05, 0) is 48.4 Å². The first kappa shape index (κ1) is 14.7. The maximum atomic E-state index is 5.49. The number of rotatable bonds is 4. The summed E-state index contributed by atoms with van der Waals surface area (Å²) >= 11 is 1.73. The number of methoxy groups -OCH3 is 3. The van der Waals surface area contributed by atoms with Gasteiger partial charge in [0.05, 0.1) is 21.3 Å². The van der Waals surface area contributed by atoms with Crippen LogP contribution < -0.4 is 14.2 Å². The molecule has 0 amide bonds. The van der Waals surface area contributed by atoms with E-state index in [0.29, 0.717) is 0 Å². The Morgan fingerprint density at radius 3 is 2.23 bits per heavy atom. The van der Waals surface area contributed by atoms with Crippen molar-refractivity contribution in [1.82, 2.24) is 0 Å². The van der Waals surface area contributed by atoms with Crippen LogP contribution in [0.1, 0.15) is 5.56 Å². The normalized spacial score (nSPS) is 10.7. The lowest BCUT2D eigenvalue weighted by Crippen LogP contribution is -1.87. The van der Waals surface area contributed by atoms with Gasteiger partial charge in [-0.1, -0.05) is 0 Å². The van der Waals surface area contributed by atoms with Gasteiger partial charge >= 0.3 is 0 Å². The first-order valence-electron chi connectivity index (χ1n) is 6.97. The number of hydrogen-bond donors (Lipinski definition) is 0. The standard InChI is InChI=1S/C18H18O3S/c1-11-7-12(5-6-15(11)20-3)17-10-14-16(21-4)8-13(19-2)9-18(14)22-17/h5-10H,1-4H3. The van der Waals surface area contributed by atoms with E-state index >= 15 is 0 Å². The van der Waals surface area contributed by atoms with E-state index < -0.39 is 0 Å². The molecule has 22 heavy (non-hydrogen) atoms. The molecule has 0 saturated heterocycles. The molecule has 1 heterocycles. The maximum Gasteiger partial charge on any atom is 0.131 e. The number of hydrogen-bond acceptors (Lipinski definition) is 4. The van der Waals surface area contributed by atoms with Crippen LogP contribution in [0.2, 0.25) is 0 Å². The Morgan fingerprint density at radius 1 is 0.818 bits per heavy atom. The molecule has 0 bridgehead atoms. The smallest absolute Gasteiger partial charge is 0.131 e. The summed E-state index contributed by atoms with van der Waals surface area (Å²) in [5.74, 6) is 2.55. The van der Waals surface area contributed by atoms with Crippen molar-refractivity contribution in [2.75, 3.05) is 21.3 Å². The molecule has 0 spiro atoms. The van der Waals surface area contributed by atoms with Crippen molar-refractivity contribution in [3.8, 4) is 27.7 Å². The molecule has 4 heteroatoms. The number of ether oxygens (including phenoxy) is 3. The van der Waals surface area contributed by atoms with Crippen molar-refractivity contribution in [3.05, 3.63) is 42.0 Å². The van der Waals surface area contributed by atoms with Crippen LogP contribution in [-0.4, -0.2) is 21.3 Å². The van der Waals surface area contributed by atoms with Gasteiger partial charge in [-0.15, -0.1) is 11.3 Å². The van der Waals surface area contributed by atoms with E-state index in [1.165, 1.54) is 10.4 Å². The molecule has 0 N–H and O–H groups in total. The summed E-state index contributed by atoms with van der Waals surface area (Å²) < 4.78 is 17.3. The van der Waals surface area contributed by atoms with Crippen LogP contribution in [0.15, 0.2) is 36.4 Å². The fourth-order valence-electron chi connectivity index (χ4n) is 2.54. The molecule has 3 nitrogen and oxygen atoms in total. The lowest BCUT2D eigenvalue weighted by atomic mass is 10.1. The molecule has 0 atom stereocenters. The molecular formula is C18H18O3S. The molecule has 0 radical (unpaired) electrons. The predicted octanol–water partition coefficient (Wildman–Crippen LogP) is 4.90. The summed E-state index contributed by atoms with van der Waals surface area (Å²) in [6.07, 6.45) is 0. The summed E-state index contributed by atoms with van der Waals surface area (Å²) in [4.78, 5) is 1.20. The highest BCUT2D eigenvalue weighted by molar-refractivity contribution is 7.22. The van der Waals surface area contributed by atoms with Gasteiger partial charge in [0.1, 0.15) is 17.2 Å². The number of benzene rings is 2. The van der Waals surface area contributed by atoms with Crippen LogP contribution in [0, 0.1) is 6.92 Å². The average Bonchev–Trinajstić information content (AvgIpc) is 2.97. The van der Waals surface area contributed by atoms with E-state index in [4.69, 9.17) is 14.2 Å². The molecule has 0 fully saturated rings. The average molecular weight is 314 g/mol. The van der Waals surface area contributed by atoms with Gasteiger partial charge in [0.15, 0.2) is 0 Å². The molecule has 3 rings (SSSR count). The summed E-state index contributed by atoms with van der Waals surface area (Å²) in [6.45, 7) is 2.05.